The molecule has 0 aliphatic carbocycles. The Hall–Kier alpha value is -7.36. The molecule has 4 aliphatic heterocycles. The van der Waals surface area contributed by atoms with Gasteiger partial charge in [0.1, 0.15) is 17.5 Å². The van der Waals surface area contributed by atoms with Crippen molar-refractivity contribution in [2.45, 2.75) is 73.9 Å². The number of nitrogens with zero attached hydrogens (tertiary/aromatic N) is 6. The smallest absolute Gasteiger partial charge is 0.262 e. The van der Waals surface area contributed by atoms with Crippen molar-refractivity contribution < 1.29 is 47.8 Å². The lowest BCUT2D eigenvalue weighted by Crippen LogP contribution is -2.57. The summed E-state index contributed by atoms with van der Waals surface area (Å²) in [6.45, 7) is 10.4. The molecule has 5 aromatic rings. The number of aromatic nitrogens is 1. The number of hydrogen-bond acceptors (Lipinski definition) is 15. The number of methoxy groups -OCH3 is 1. The largest absolute Gasteiger partial charge is 0.496 e. The summed E-state index contributed by atoms with van der Waals surface area (Å²) in [5, 5.41) is 9.58. The Balaban J connectivity index is 0.648. The van der Waals surface area contributed by atoms with E-state index in [4.69, 9.17) is 9.47 Å². The average molecular weight is 1070 g/mol. The van der Waals surface area contributed by atoms with Gasteiger partial charge in [-0.1, -0.05) is 54.5 Å². The monoisotopic (exact) mass is 1070 g/mol. The van der Waals surface area contributed by atoms with Crippen molar-refractivity contribution in [3.63, 3.8) is 0 Å². The lowest BCUT2D eigenvalue weighted by atomic mass is 9.91. The molecule has 1 atom stereocenters. The maximum atomic E-state index is 13.7. The van der Waals surface area contributed by atoms with E-state index in [2.05, 4.69) is 30.7 Å². The lowest BCUT2D eigenvalue weighted by Gasteiger charge is -2.36. The molecule has 5 heterocycles. The summed E-state index contributed by atoms with van der Waals surface area (Å²) in [6, 6.07) is 18.5. The molecule has 1 aromatic heterocycles. The quantitative estimate of drug-likeness (QED) is 0.0639. The first-order valence-corrected chi connectivity index (χ1v) is 27.3. The summed E-state index contributed by atoms with van der Waals surface area (Å²) >= 11 is 2.83. The number of benzene rings is 4. The fraction of sp³-hybridized carbons (Fsp3) is 0.400. The zero-order chi connectivity index (χ0) is 53.5. The van der Waals surface area contributed by atoms with Crippen molar-refractivity contribution in [3.8, 4) is 11.5 Å². The Bertz CT molecular complexity index is 3060. The van der Waals surface area contributed by atoms with E-state index in [1.54, 1.807) is 47.4 Å². The standard InChI is InChI=1S/C55H61N9O10S2/c1-34-28-44(73-3)41(52(70)63-26-24-61(25-27-63)35(2)65)31-45(34)75-48-32-57-55(76-48)59-50(68)36-12-14-38(15-13-36)62-22-20-60(21-23-62)19-8-6-4-5-7-18-56-47(67)33-74-39-29-37-10-9-11-40-49(37)42(30-39)54(72)64(53(40)71)43-16-17-46(66)58-51(43)69/h9-15,28-32,43H,4-8,16-27,33H2,1-3H3,(H,56,67)(H,57,59,68)(H,58,66,69). The Morgan fingerprint density at radius 2 is 1.55 bits per heavy atom. The third-order valence-corrected chi connectivity index (χ3v) is 16.4. The number of ether oxygens (including phenoxy) is 2. The van der Waals surface area contributed by atoms with Crippen LogP contribution in [0.3, 0.4) is 0 Å². The Morgan fingerprint density at radius 3 is 2.29 bits per heavy atom. The molecular formula is C55H61N9O10S2. The van der Waals surface area contributed by atoms with Gasteiger partial charge in [0.05, 0.1) is 28.6 Å². The highest BCUT2D eigenvalue weighted by Crippen LogP contribution is 2.39. The molecule has 3 fully saturated rings. The Kier molecular flexibility index (Phi) is 17.0. The van der Waals surface area contributed by atoms with E-state index >= 15 is 0 Å². The predicted molar refractivity (Wildman–Crippen MR) is 287 cm³/mol. The predicted octanol–water partition coefficient (Wildman–Crippen LogP) is 5.99. The number of imide groups is 2. The summed E-state index contributed by atoms with van der Waals surface area (Å²) in [7, 11) is 1.55. The first-order chi connectivity index (χ1) is 36.7. The molecule has 8 amide bonds. The number of piperazine rings is 2. The van der Waals surface area contributed by atoms with E-state index in [1.807, 2.05) is 43.3 Å². The van der Waals surface area contributed by atoms with Crippen molar-refractivity contribution in [2.75, 3.05) is 89.4 Å². The number of aryl methyl sites for hydroxylation is 1. The molecule has 76 heavy (non-hydrogen) atoms. The number of anilines is 2. The Morgan fingerprint density at radius 1 is 0.829 bits per heavy atom. The average Bonchev–Trinajstić information content (AvgIpc) is 3.90. The van der Waals surface area contributed by atoms with Gasteiger partial charge in [0.2, 0.25) is 17.7 Å². The molecule has 3 N–H and O–H groups in total. The molecule has 4 aromatic carbocycles. The first-order valence-electron chi connectivity index (χ1n) is 25.7. The molecule has 398 valence electrons. The molecule has 0 radical (unpaired) electrons. The molecule has 3 saturated heterocycles. The maximum absolute atomic E-state index is 13.7. The third-order valence-electron chi connectivity index (χ3n) is 14.2. The van der Waals surface area contributed by atoms with E-state index in [-0.39, 0.29) is 60.0 Å². The minimum Gasteiger partial charge on any atom is -0.496 e. The minimum absolute atomic E-state index is 0.00233. The number of unbranched alkanes of at least 4 members (excludes halogenated alkanes) is 4. The molecule has 9 rings (SSSR count). The van der Waals surface area contributed by atoms with Crippen LogP contribution in [0, 0.1) is 6.92 Å². The van der Waals surface area contributed by atoms with Crippen LogP contribution in [0.2, 0.25) is 0 Å². The lowest BCUT2D eigenvalue weighted by molar-refractivity contribution is -0.136. The van der Waals surface area contributed by atoms with Gasteiger partial charge in [0.25, 0.3) is 29.5 Å². The van der Waals surface area contributed by atoms with Crippen LogP contribution in [0.15, 0.2) is 82.0 Å². The van der Waals surface area contributed by atoms with Crippen LogP contribution >= 0.6 is 23.1 Å². The molecule has 19 nitrogen and oxygen atoms in total. The van der Waals surface area contributed by atoms with Crippen LogP contribution < -0.4 is 30.3 Å². The van der Waals surface area contributed by atoms with E-state index in [1.165, 1.54) is 36.1 Å². The molecule has 0 spiro atoms. The van der Waals surface area contributed by atoms with Crippen LogP contribution in [0.5, 0.6) is 11.5 Å². The zero-order valence-corrected chi connectivity index (χ0v) is 44.4. The number of amides is 8. The van der Waals surface area contributed by atoms with Crippen molar-refractivity contribution in [1.82, 2.24) is 35.2 Å². The van der Waals surface area contributed by atoms with Crippen LogP contribution in [0.4, 0.5) is 10.8 Å². The van der Waals surface area contributed by atoms with E-state index in [9.17, 15) is 38.4 Å². The number of carbonyl (C=O) groups excluding carboxylic acids is 8. The highest BCUT2D eigenvalue weighted by Gasteiger charge is 2.43. The number of hydrogen-bond donors (Lipinski definition) is 3. The molecule has 4 aliphatic rings. The van der Waals surface area contributed by atoms with Crippen molar-refractivity contribution in [2.24, 2.45) is 0 Å². The van der Waals surface area contributed by atoms with Crippen LogP contribution in [0.25, 0.3) is 10.8 Å². The fourth-order valence-corrected chi connectivity index (χ4v) is 11.9. The van der Waals surface area contributed by atoms with Crippen molar-refractivity contribution in [1.29, 1.82) is 0 Å². The second-order valence-electron chi connectivity index (χ2n) is 19.3. The van der Waals surface area contributed by atoms with Crippen molar-refractivity contribution >= 4 is 91.9 Å². The molecular weight excluding hydrogens is 1010 g/mol. The van der Waals surface area contributed by atoms with Gasteiger partial charge in [0, 0.05) is 99.3 Å². The summed E-state index contributed by atoms with van der Waals surface area (Å²) in [6.07, 6.45) is 6.83. The van der Waals surface area contributed by atoms with Gasteiger partial charge in [-0.3, -0.25) is 58.8 Å². The molecule has 0 saturated carbocycles. The topological polar surface area (TPSA) is 220 Å². The van der Waals surface area contributed by atoms with Gasteiger partial charge in [-0.2, -0.15) is 0 Å². The van der Waals surface area contributed by atoms with E-state index in [0.717, 1.165) is 90.1 Å². The second-order valence-corrected chi connectivity index (χ2v) is 21.6. The first kappa shape index (κ1) is 53.5. The number of nitrogens with one attached hydrogen (secondary N) is 3. The summed E-state index contributed by atoms with van der Waals surface area (Å²) in [5.41, 5.74) is 3.47. The van der Waals surface area contributed by atoms with Gasteiger partial charge in [-0.15, -0.1) is 0 Å². The molecule has 21 heteroatoms. The van der Waals surface area contributed by atoms with Crippen molar-refractivity contribution in [3.05, 3.63) is 101 Å². The summed E-state index contributed by atoms with van der Waals surface area (Å²) in [5.74, 6) is -2.29. The maximum Gasteiger partial charge on any atom is 0.262 e. The van der Waals surface area contributed by atoms with E-state index in [0.29, 0.717) is 65.5 Å². The van der Waals surface area contributed by atoms with Gasteiger partial charge in [-0.05, 0) is 98.3 Å². The molecule has 1 unspecified atom stereocenters. The normalized spacial score (nSPS) is 17.0. The van der Waals surface area contributed by atoms with E-state index < -0.39 is 29.7 Å². The fourth-order valence-electron chi connectivity index (χ4n) is 10.0. The minimum atomic E-state index is -1.11. The number of piperidine rings is 1. The SMILES string of the molecule is COc1cc(C)c(Sc2cnc(NC(=O)c3ccc(N4CCN(CCCCCCCNC(=O)COc5cc6c7c(cccc7c5)C(=O)N(C5CCC(=O)NC5=O)C6=O)CC4)cc3)s2)cc1C(=O)N1CCN(C(C)=O)CC1. The summed E-state index contributed by atoms with van der Waals surface area (Å²) in [4.78, 5) is 117. The molecule has 0 bridgehead atoms. The highest BCUT2D eigenvalue weighted by atomic mass is 32.2. The number of thiazole rings is 1. The highest BCUT2D eigenvalue weighted by molar-refractivity contribution is 8.01. The van der Waals surface area contributed by atoms with Crippen LogP contribution in [-0.4, -0.2) is 157 Å². The zero-order valence-electron chi connectivity index (χ0n) is 42.8. The van der Waals surface area contributed by atoms with Gasteiger partial charge < -0.3 is 29.5 Å². The third kappa shape index (κ3) is 12.3. The van der Waals surface area contributed by atoms with Crippen LogP contribution in [0.1, 0.15) is 98.9 Å². The van der Waals surface area contributed by atoms with Crippen LogP contribution in [-0.2, 0) is 19.2 Å². The Labute approximate surface area is 448 Å². The van der Waals surface area contributed by atoms with Gasteiger partial charge >= 0.3 is 0 Å². The summed E-state index contributed by atoms with van der Waals surface area (Å²) < 4.78 is 12.3. The second kappa shape index (κ2) is 24.1. The van der Waals surface area contributed by atoms with Gasteiger partial charge in [0.15, 0.2) is 11.7 Å². The van der Waals surface area contributed by atoms with Gasteiger partial charge in [-0.25, -0.2) is 4.98 Å². The number of carbonyl (C=O) groups is 8. The number of rotatable bonds is 19.